The van der Waals surface area contributed by atoms with E-state index in [1.807, 2.05) is 43.3 Å². The maximum Gasteiger partial charge on any atom is 0.224 e. The summed E-state index contributed by atoms with van der Waals surface area (Å²) < 4.78 is 6.35. The molecule has 0 bridgehead atoms. The van der Waals surface area contributed by atoms with Crippen LogP contribution in [0, 0.1) is 3.77 Å². The highest BCUT2D eigenvalue weighted by molar-refractivity contribution is 14.1. The minimum absolute atomic E-state index is 0.0118. The highest BCUT2D eigenvalue weighted by Crippen LogP contribution is 2.17. The summed E-state index contributed by atoms with van der Waals surface area (Å²) >= 11 is 2.14. The van der Waals surface area contributed by atoms with E-state index in [-0.39, 0.29) is 5.91 Å². The van der Waals surface area contributed by atoms with Crippen molar-refractivity contribution in [3.8, 4) is 0 Å². The zero-order valence-electron chi connectivity index (χ0n) is 10.6. The molecule has 4 nitrogen and oxygen atoms in total. The molecule has 19 heavy (non-hydrogen) atoms. The van der Waals surface area contributed by atoms with Crippen LogP contribution in [-0.4, -0.2) is 5.91 Å². The number of hydrogen-bond acceptors (Lipinski definition) is 3. The van der Waals surface area contributed by atoms with Gasteiger partial charge in [0.05, 0.1) is 6.54 Å². The molecule has 0 unspecified atom stereocenters. The van der Waals surface area contributed by atoms with Gasteiger partial charge in [0.2, 0.25) is 5.91 Å². The molecular formula is C14H15IN2O2. The molecule has 0 atom stereocenters. The first-order chi connectivity index (χ1) is 9.17. The minimum Gasteiger partial charge on any atom is -0.454 e. The molecule has 0 saturated carbocycles. The molecule has 2 N–H and O–H groups in total. The van der Waals surface area contributed by atoms with E-state index in [4.69, 9.17) is 4.42 Å². The van der Waals surface area contributed by atoms with Gasteiger partial charge in [-0.1, -0.05) is 13.0 Å². The maximum atomic E-state index is 11.3. The molecule has 0 spiro atoms. The van der Waals surface area contributed by atoms with E-state index in [0.29, 0.717) is 13.0 Å². The number of benzene rings is 1. The maximum absolute atomic E-state index is 11.3. The third kappa shape index (κ3) is 4.27. The average molecular weight is 370 g/mol. The second-order valence-electron chi connectivity index (χ2n) is 4.04. The van der Waals surface area contributed by atoms with Crippen LogP contribution < -0.4 is 10.6 Å². The van der Waals surface area contributed by atoms with Crippen LogP contribution in [0.4, 0.5) is 11.4 Å². The Morgan fingerprint density at radius 3 is 2.74 bits per heavy atom. The number of amides is 1. The first kappa shape index (κ1) is 13.9. The number of nitrogens with one attached hydrogen (secondary N) is 2. The monoisotopic (exact) mass is 370 g/mol. The van der Waals surface area contributed by atoms with Crippen molar-refractivity contribution < 1.29 is 9.21 Å². The van der Waals surface area contributed by atoms with Gasteiger partial charge in [0.15, 0.2) is 3.77 Å². The topological polar surface area (TPSA) is 54.3 Å². The molecule has 100 valence electrons. The lowest BCUT2D eigenvalue weighted by Gasteiger charge is -2.08. The van der Waals surface area contributed by atoms with Gasteiger partial charge >= 0.3 is 0 Å². The summed E-state index contributed by atoms with van der Waals surface area (Å²) in [6.45, 7) is 2.45. The van der Waals surface area contributed by atoms with Crippen molar-refractivity contribution in [2.24, 2.45) is 0 Å². The molecule has 2 aromatic rings. The molecule has 1 heterocycles. The minimum atomic E-state index is 0.0118. The zero-order chi connectivity index (χ0) is 13.7. The fourth-order valence-electron chi connectivity index (χ4n) is 1.59. The molecule has 0 aliphatic heterocycles. The van der Waals surface area contributed by atoms with Crippen LogP contribution >= 0.6 is 22.6 Å². The van der Waals surface area contributed by atoms with Crippen molar-refractivity contribution in [1.82, 2.24) is 0 Å². The standard InChI is InChI=1S/C14H15IN2O2/c1-2-14(18)17-11-5-3-4-10(8-11)16-9-12-6-7-13(15)19-12/h3-8,16H,2,9H2,1H3,(H,17,18). The third-order valence-corrected chi connectivity index (χ3v) is 3.14. The van der Waals surface area contributed by atoms with Crippen LogP contribution in [0.25, 0.3) is 0 Å². The summed E-state index contributed by atoms with van der Waals surface area (Å²) in [5.41, 5.74) is 1.74. The Kier molecular flexibility index (Phi) is 4.84. The highest BCUT2D eigenvalue weighted by Gasteiger charge is 2.02. The number of anilines is 2. The zero-order valence-corrected chi connectivity index (χ0v) is 12.7. The Morgan fingerprint density at radius 1 is 1.26 bits per heavy atom. The quantitative estimate of drug-likeness (QED) is 0.787. The van der Waals surface area contributed by atoms with Crippen molar-refractivity contribution in [2.45, 2.75) is 19.9 Å². The van der Waals surface area contributed by atoms with E-state index >= 15 is 0 Å². The van der Waals surface area contributed by atoms with Crippen molar-refractivity contribution >= 4 is 39.9 Å². The molecule has 1 amide bonds. The van der Waals surface area contributed by atoms with Crippen molar-refractivity contribution in [1.29, 1.82) is 0 Å². The van der Waals surface area contributed by atoms with Crippen LogP contribution in [0.3, 0.4) is 0 Å². The van der Waals surface area contributed by atoms with Gasteiger partial charge in [0.1, 0.15) is 5.76 Å². The lowest BCUT2D eigenvalue weighted by atomic mass is 10.2. The number of carbonyl (C=O) groups excluding carboxylic acids is 1. The van der Waals surface area contributed by atoms with Crippen LogP contribution in [0.1, 0.15) is 19.1 Å². The summed E-state index contributed by atoms with van der Waals surface area (Å²) in [6.07, 6.45) is 0.475. The summed E-state index contributed by atoms with van der Waals surface area (Å²) in [6, 6.07) is 11.5. The second-order valence-corrected chi connectivity index (χ2v) is 5.11. The molecule has 5 heteroatoms. The van der Waals surface area contributed by atoms with Gasteiger partial charge in [-0.05, 0) is 52.9 Å². The molecule has 0 radical (unpaired) electrons. The van der Waals surface area contributed by atoms with E-state index in [0.717, 1.165) is 20.9 Å². The first-order valence-corrected chi connectivity index (χ1v) is 7.13. The van der Waals surface area contributed by atoms with E-state index in [1.165, 1.54) is 0 Å². The fourth-order valence-corrected chi connectivity index (χ4v) is 2.05. The summed E-state index contributed by atoms with van der Waals surface area (Å²) in [5, 5.41) is 6.09. The van der Waals surface area contributed by atoms with Crippen LogP contribution in [-0.2, 0) is 11.3 Å². The predicted molar refractivity (Wildman–Crippen MR) is 84.1 cm³/mol. The van der Waals surface area contributed by atoms with Crippen LogP contribution in [0.2, 0.25) is 0 Å². The van der Waals surface area contributed by atoms with Crippen molar-refractivity contribution in [2.75, 3.05) is 10.6 Å². The SMILES string of the molecule is CCC(=O)Nc1cccc(NCc2ccc(I)o2)c1. The Morgan fingerprint density at radius 2 is 2.05 bits per heavy atom. The van der Waals surface area contributed by atoms with Gasteiger partial charge in [-0.3, -0.25) is 4.79 Å². The van der Waals surface area contributed by atoms with Crippen LogP contribution in [0.5, 0.6) is 0 Å². The Bertz CT molecular complexity index is 566. The Balaban J connectivity index is 1.97. The van der Waals surface area contributed by atoms with Crippen molar-refractivity contribution in [3.05, 3.63) is 45.9 Å². The molecule has 0 aliphatic carbocycles. The molecule has 1 aromatic carbocycles. The average Bonchev–Trinajstić information content (AvgIpc) is 2.82. The van der Waals surface area contributed by atoms with Crippen LogP contribution in [0.15, 0.2) is 40.8 Å². The lowest BCUT2D eigenvalue weighted by molar-refractivity contribution is -0.115. The van der Waals surface area contributed by atoms with Gasteiger partial charge < -0.3 is 15.1 Å². The Labute approximate surface area is 125 Å². The second kappa shape index (κ2) is 6.60. The van der Waals surface area contributed by atoms with E-state index in [9.17, 15) is 4.79 Å². The molecule has 2 rings (SSSR count). The number of hydrogen-bond donors (Lipinski definition) is 2. The van der Waals surface area contributed by atoms with Gasteiger partial charge in [0, 0.05) is 17.8 Å². The Hall–Kier alpha value is -1.50. The summed E-state index contributed by atoms with van der Waals surface area (Å²) in [7, 11) is 0. The van der Waals surface area contributed by atoms with Gasteiger partial charge in [-0.2, -0.15) is 0 Å². The molecule has 0 fully saturated rings. The van der Waals surface area contributed by atoms with E-state index in [2.05, 4.69) is 33.2 Å². The smallest absolute Gasteiger partial charge is 0.224 e. The van der Waals surface area contributed by atoms with E-state index < -0.39 is 0 Å². The van der Waals surface area contributed by atoms with Crippen molar-refractivity contribution in [3.63, 3.8) is 0 Å². The molecular weight excluding hydrogens is 355 g/mol. The molecule has 0 aliphatic rings. The number of rotatable bonds is 5. The molecule has 0 saturated heterocycles. The third-order valence-electron chi connectivity index (χ3n) is 2.56. The highest BCUT2D eigenvalue weighted by atomic mass is 127. The number of halogens is 1. The normalized spacial score (nSPS) is 10.2. The van der Waals surface area contributed by atoms with Gasteiger partial charge in [-0.15, -0.1) is 0 Å². The number of furan rings is 1. The first-order valence-electron chi connectivity index (χ1n) is 6.05. The molecule has 1 aromatic heterocycles. The van der Waals surface area contributed by atoms with E-state index in [1.54, 1.807) is 0 Å². The largest absolute Gasteiger partial charge is 0.454 e. The lowest BCUT2D eigenvalue weighted by Crippen LogP contribution is -2.09. The summed E-state index contributed by atoms with van der Waals surface area (Å²) in [5.74, 6) is 0.894. The van der Waals surface area contributed by atoms with Gasteiger partial charge in [0.25, 0.3) is 0 Å². The number of carbonyl (C=O) groups is 1. The summed E-state index contributed by atoms with van der Waals surface area (Å²) in [4.78, 5) is 11.3. The fraction of sp³-hybridized carbons (Fsp3) is 0.214. The van der Waals surface area contributed by atoms with Gasteiger partial charge in [-0.25, -0.2) is 0 Å². The predicted octanol–water partition coefficient (Wildman–Crippen LogP) is 3.84.